The fourth-order valence-corrected chi connectivity index (χ4v) is 1.87. The molecule has 0 aromatic carbocycles. The van der Waals surface area contributed by atoms with Gasteiger partial charge in [-0.05, 0) is 12.5 Å². The van der Waals surface area contributed by atoms with E-state index in [-0.39, 0.29) is 6.10 Å². The number of fused-ring (bicyclic) bond motifs is 1. The van der Waals surface area contributed by atoms with Gasteiger partial charge in [-0.25, -0.2) is 4.79 Å². The highest BCUT2D eigenvalue weighted by molar-refractivity contribution is 5.87. The number of ether oxygens (including phenoxy) is 1. The largest absolute Gasteiger partial charge is 0.478 e. The first-order valence-electron chi connectivity index (χ1n) is 4.66. The van der Waals surface area contributed by atoms with Crippen LogP contribution in [-0.2, 0) is 17.7 Å². The zero-order chi connectivity index (χ0) is 10.1. The Hall–Kier alpha value is -1.29. The molecule has 1 aliphatic rings. The maximum Gasteiger partial charge on any atom is 0.337 e. The zero-order valence-electron chi connectivity index (χ0n) is 8.06. The number of hydrogen-bond acceptors (Lipinski definition) is 2. The normalized spacial score (nSPS) is 20.5. The first-order chi connectivity index (χ1) is 6.70. The molecule has 1 unspecified atom stereocenters. The minimum atomic E-state index is -0.860. The lowest BCUT2D eigenvalue weighted by molar-refractivity contribution is 0.0697. The molecular formula is C10H13NO3. The summed E-state index contributed by atoms with van der Waals surface area (Å²) in [5.41, 5.74) is 1.43. The summed E-state index contributed by atoms with van der Waals surface area (Å²) in [4.78, 5) is 10.7. The molecule has 4 heteroatoms. The molecule has 0 amide bonds. The highest BCUT2D eigenvalue weighted by Gasteiger charge is 2.20. The van der Waals surface area contributed by atoms with Crippen LogP contribution in [0.25, 0.3) is 0 Å². The first-order valence-corrected chi connectivity index (χ1v) is 4.66. The number of nitrogens with zero attached hydrogens (tertiary/aromatic N) is 1. The van der Waals surface area contributed by atoms with Crippen molar-refractivity contribution in [2.24, 2.45) is 0 Å². The molecule has 76 valence electrons. The second-order valence-corrected chi connectivity index (χ2v) is 3.57. The molecule has 1 N–H and O–H groups in total. The average molecular weight is 195 g/mol. The topological polar surface area (TPSA) is 51.5 Å². The lowest BCUT2D eigenvalue weighted by Gasteiger charge is -2.22. The van der Waals surface area contributed by atoms with Crippen molar-refractivity contribution in [2.75, 3.05) is 7.11 Å². The SMILES string of the molecule is COC1CCn2cc(C(=O)O)cc2C1. The van der Waals surface area contributed by atoms with Gasteiger partial charge in [-0.2, -0.15) is 0 Å². The predicted octanol–water partition coefficient (Wildman–Crippen LogP) is 1.15. The fourth-order valence-electron chi connectivity index (χ4n) is 1.87. The number of aromatic nitrogens is 1. The van der Waals surface area contributed by atoms with Gasteiger partial charge in [0.25, 0.3) is 0 Å². The van der Waals surface area contributed by atoms with Gasteiger partial charge < -0.3 is 14.4 Å². The molecule has 0 spiro atoms. The second-order valence-electron chi connectivity index (χ2n) is 3.57. The standard InChI is InChI=1S/C10H13NO3/c1-14-9-2-3-11-6-7(10(12)13)4-8(11)5-9/h4,6,9H,2-3,5H2,1H3,(H,12,13). The molecule has 2 heterocycles. The van der Waals surface area contributed by atoms with E-state index in [1.165, 1.54) is 0 Å². The van der Waals surface area contributed by atoms with E-state index in [1.54, 1.807) is 19.4 Å². The molecule has 2 rings (SSSR count). The number of carboxylic acids is 1. The van der Waals surface area contributed by atoms with Gasteiger partial charge >= 0.3 is 5.97 Å². The molecule has 14 heavy (non-hydrogen) atoms. The Bertz CT molecular complexity index is 356. The van der Waals surface area contributed by atoms with E-state index in [2.05, 4.69) is 0 Å². The van der Waals surface area contributed by atoms with Crippen LogP contribution in [-0.4, -0.2) is 28.9 Å². The summed E-state index contributed by atoms with van der Waals surface area (Å²) < 4.78 is 7.26. The van der Waals surface area contributed by atoms with Crippen LogP contribution in [0, 0.1) is 0 Å². The van der Waals surface area contributed by atoms with Crippen LogP contribution in [0.1, 0.15) is 22.5 Å². The minimum Gasteiger partial charge on any atom is -0.478 e. The van der Waals surface area contributed by atoms with Crippen molar-refractivity contribution in [1.29, 1.82) is 0 Å². The quantitative estimate of drug-likeness (QED) is 0.770. The van der Waals surface area contributed by atoms with Gasteiger partial charge in [-0.3, -0.25) is 0 Å². The van der Waals surface area contributed by atoms with Crippen LogP contribution in [0.3, 0.4) is 0 Å². The van der Waals surface area contributed by atoms with Crippen molar-refractivity contribution in [2.45, 2.75) is 25.5 Å². The van der Waals surface area contributed by atoms with Crippen molar-refractivity contribution in [3.8, 4) is 0 Å². The maximum absolute atomic E-state index is 10.7. The second kappa shape index (κ2) is 3.46. The van der Waals surface area contributed by atoms with Crippen LogP contribution in [0.15, 0.2) is 12.3 Å². The molecular weight excluding hydrogens is 182 g/mol. The van der Waals surface area contributed by atoms with E-state index in [4.69, 9.17) is 9.84 Å². The van der Waals surface area contributed by atoms with Gasteiger partial charge in [-0.1, -0.05) is 0 Å². The molecule has 0 fully saturated rings. The molecule has 1 atom stereocenters. The molecule has 0 saturated heterocycles. The summed E-state index contributed by atoms with van der Waals surface area (Å²) in [5.74, 6) is -0.860. The molecule has 4 nitrogen and oxygen atoms in total. The summed E-state index contributed by atoms with van der Waals surface area (Å²) in [7, 11) is 1.70. The summed E-state index contributed by atoms with van der Waals surface area (Å²) in [6.45, 7) is 0.848. The van der Waals surface area contributed by atoms with Gasteiger partial charge in [0.05, 0.1) is 11.7 Å². The van der Waals surface area contributed by atoms with E-state index >= 15 is 0 Å². The van der Waals surface area contributed by atoms with Gasteiger partial charge in [0, 0.05) is 32.0 Å². The Kier molecular flexibility index (Phi) is 2.29. The molecule has 0 aliphatic carbocycles. The van der Waals surface area contributed by atoms with E-state index < -0.39 is 5.97 Å². The minimum absolute atomic E-state index is 0.235. The molecule has 1 aromatic rings. The van der Waals surface area contributed by atoms with Crippen molar-refractivity contribution in [3.05, 3.63) is 23.5 Å². The van der Waals surface area contributed by atoms with Crippen LogP contribution >= 0.6 is 0 Å². The van der Waals surface area contributed by atoms with Crippen molar-refractivity contribution in [1.82, 2.24) is 4.57 Å². The smallest absolute Gasteiger partial charge is 0.337 e. The predicted molar refractivity (Wildman–Crippen MR) is 50.5 cm³/mol. The molecule has 0 radical (unpaired) electrons. The summed E-state index contributed by atoms with van der Waals surface area (Å²) >= 11 is 0. The van der Waals surface area contributed by atoms with Crippen LogP contribution in [0.5, 0.6) is 0 Å². The maximum atomic E-state index is 10.7. The van der Waals surface area contributed by atoms with E-state index in [1.807, 2.05) is 4.57 Å². The Balaban J connectivity index is 2.25. The monoisotopic (exact) mass is 195 g/mol. The number of aryl methyl sites for hydroxylation is 1. The van der Waals surface area contributed by atoms with E-state index in [0.717, 1.165) is 25.1 Å². The lowest BCUT2D eigenvalue weighted by atomic mass is 10.1. The molecule has 0 bridgehead atoms. The molecule has 1 aliphatic heterocycles. The Morgan fingerprint density at radius 1 is 1.71 bits per heavy atom. The lowest BCUT2D eigenvalue weighted by Crippen LogP contribution is -2.24. The van der Waals surface area contributed by atoms with Crippen molar-refractivity contribution >= 4 is 5.97 Å². The highest BCUT2D eigenvalue weighted by atomic mass is 16.5. The number of aromatic carboxylic acids is 1. The Morgan fingerprint density at radius 2 is 2.50 bits per heavy atom. The Labute approximate surface area is 82.1 Å². The third kappa shape index (κ3) is 1.53. The van der Waals surface area contributed by atoms with Gasteiger partial charge in [0.15, 0.2) is 0 Å². The third-order valence-electron chi connectivity index (χ3n) is 2.70. The summed E-state index contributed by atoms with van der Waals surface area (Å²) in [5, 5.41) is 8.81. The number of carboxylic acid groups (broad SMARTS) is 1. The van der Waals surface area contributed by atoms with Crippen LogP contribution in [0.4, 0.5) is 0 Å². The van der Waals surface area contributed by atoms with Crippen molar-refractivity contribution < 1.29 is 14.6 Å². The summed E-state index contributed by atoms with van der Waals surface area (Å²) in [6, 6.07) is 1.73. The van der Waals surface area contributed by atoms with Gasteiger partial charge in [-0.15, -0.1) is 0 Å². The number of methoxy groups -OCH3 is 1. The number of rotatable bonds is 2. The van der Waals surface area contributed by atoms with E-state index in [0.29, 0.717) is 5.56 Å². The average Bonchev–Trinajstić information content (AvgIpc) is 2.59. The van der Waals surface area contributed by atoms with Crippen LogP contribution in [0.2, 0.25) is 0 Å². The number of hydrogen-bond donors (Lipinski definition) is 1. The van der Waals surface area contributed by atoms with Crippen LogP contribution < -0.4 is 0 Å². The zero-order valence-corrected chi connectivity index (χ0v) is 8.06. The van der Waals surface area contributed by atoms with Crippen molar-refractivity contribution in [3.63, 3.8) is 0 Å². The number of carbonyl (C=O) groups is 1. The first kappa shape index (κ1) is 9.27. The fraction of sp³-hybridized carbons (Fsp3) is 0.500. The third-order valence-corrected chi connectivity index (χ3v) is 2.70. The molecule has 1 aromatic heterocycles. The van der Waals surface area contributed by atoms with E-state index in [9.17, 15) is 4.79 Å². The molecule has 0 saturated carbocycles. The Morgan fingerprint density at radius 3 is 3.14 bits per heavy atom. The van der Waals surface area contributed by atoms with Gasteiger partial charge in [0.1, 0.15) is 0 Å². The highest BCUT2D eigenvalue weighted by Crippen LogP contribution is 2.19. The summed E-state index contributed by atoms with van der Waals surface area (Å²) in [6.07, 6.45) is 3.70. The van der Waals surface area contributed by atoms with Gasteiger partial charge in [0.2, 0.25) is 0 Å².